The molecule has 0 bridgehead atoms. The summed E-state index contributed by atoms with van der Waals surface area (Å²) in [4.78, 5) is 7.16. The molecular weight excluding hydrogens is 220 g/mol. The van der Waals surface area contributed by atoms with Gasteiger partial charge in [-0.15, -0.1) is 0 Å². The van der Waals surface area contributed by atoms with E-state index >= 15 is 0 Å². The topological polar surface area (TPSA) is 16.1 Å². The van der Waals surface area contributed by atoms with Crippen molar-refractivity contribution in [3.63, 3.8) is 0 Å². The maximum absolute atomic E-state index is 4.56. The van der Waals surface area contributed by atoms with Crippen LogP contribution in [0.5, 0.6) is 0 Å². The average Bonchev–Trinajstić information content (AvgIpc) is 2.45. The van der Waals surface area contributed by atoms with Gasteiger partial charge in [-0.05, 0) is 29.2 Å². The van der Waals surface area contributed by atoms with E-state index in [9.17, 15) is 0 Å². The fourth-order valence-electron chi connectivity index (χ4n) is 3.33. The van der Waals surface area contributed by atoms with Gasteiger partial charge >= 0.3 is 0 Å². The molecular formula is C16H16N2. The fraction of sp³-hybridized carbons (Fsp3) is 0.312. The summed E-state index contributed by atoms with van der Waals surface area (Å²) >= 11 is 0. The summed E-state index contributed by atoms with van der Waals surface area (Å²) in [5, 5.41) is 0. The number of hydrogen-bond donors (Lipinski definition) is 0. The molecule has 0 radical (unpaired) electrons. The molecule has 0 fully saturated rings. The largest absolute Gasteiger partial charge is 0.291 e. The van der Waals surface area contributed by atoms with Crippen LogP contribution >= 0.6 is 0 Å². The highest BCUT2D eigenvalue weighted by Gasteiger charge is 2.31. The minimum atomic E-state index is 0.539. The lowest BCUT2D eigenvalue weighted by molar-refractivity contribution is 0.159. The van der Waals surface area contributed by atoms with E-state index in [1.807, 2.05) is 6.20 Å². The van der Waals surface area contributed by atoms with Gasteiger partial charge in [0.1, 0.15) is 0 Å². The van der Waals surface area contributed by atoms with E-state index in [1.165, 1.54) is 35.3 Å². The summed E-state index contributed by atoms with van der Waals surface area (Å²) in [5.41, 5.74) is 5.74. The maximum Gasteiger partial charge on any atom is 0.0467 e. The van der Waals surface area contributed by atoms with E-state index in [0.717, 1.165) is 13.0 Å². The highest BCUT2D eigenvalue weighted by atomic mass is 15.2. The number of hydrogen-bond acceptors (Lipinski definition) is 2. The van der Waals surface area contributed by atoms with Gasteiger partial charge in [-0.25, -0.2) is 0 Å². The Hall–Kier alpha value is -1.67. The Balaban J connectivity index is 1.79. The molecule has 0 saturated carbocycles. The summed E-state index contributed by atoms with van der Waals surface area (Å²) in [5.74, 6) is 0. The molecule has 2 aromatic rings. The first kappa shape index (κ1) is 10.3. The molecule has 0 saturated heterocycles. The molecule has 0 unspecified atom stereocenters. The molecule has 90 valence electrons. The normalized spacial score (nSPS) is 21.9. The Labute approximate surface area is 107 Å². The molecule has 18 heavy (non-hydrogen) atoms. The van der Waals surface area contributed by atoms with E-state index in [1.54, 1.807) is 0 Å². The fourth-order valence-corrected chi connectivity index (χ4v) is 3.33. The first-order valence-electron chi connectivity index (χ1n) is 6.66. The van der Waals surface area contributed by atoms with Crippen LogP contribution in [0.1, 0.15) is 28.4 Å². The van der Waals surface area contributed by atoms with Crippen LogP contribution < -0.4 is 0 Å². The number of aromatic nitrogens is 1. The van der Waals surface area contributed by atoms with Crippen molar-refractivity contribution in [1.29, 1.82) is 0 Å². The minimum absolute atomic E-state index is 0.539. The van der Waals surface area contributed by atoms with Crippen molar-refractivity contribution < 1.29 is 0 Å². The lowest BCUT2D eigenvalue weighted by Gasteiger charge is -2.40. The second-order valence-corrected chi connectivity index (χ2v) is 5.25. The van der Waals surface area contributed by atoms with Crippen LogP contribution in [-0.2, 0) is 19.4 Å². The molecule has 4 rings (SSSR count). The van der Waals surface area contributed by atoms with Crippen molar-refractivity contribution in [3.8, 4) is 0 Å². The second kappa shape index (κ2) is 3.92. The molecule has 0 aliphatic carbocycles. The highest BCUT2D eigenvalue weighted by molar-refractivity contribution is 5.36. The summed E-state index contributed by atoms with van der Waals surface area (Å²) in [7, 11) is 0. The second-order valence-electron chi connectivity index (χ2n) is 5.25. The SMILES string of the molecule is c1ccc2c(c1)CCN1Cc3cccnc3C[C@H]21. The van der Waals surface area contributed by atoms with E-state index in [4.69, 9.17) is 0 Å². The van der Waals surface area contributed by atoms with E-state index < -0.39 is 0 Å². The van der Waals surface area contributed by atoms with Gasteiger partial charge in [0.15, 0.2) is 0 Å². The number of fused-ring (bicyclic) bond motifs is 4. The van der Waals surface area contributed by atoms with Crippen molar-refractivity contribution in [2.45, 2.75) is 25.4 Å². The van der Waals surface area contributed by atoms with Gasteiger partial charge in [0, 0.05) is 37.4 Å². The quantitative estimate of drug-likeness (QED) is 0.699. The predicted molar refractivity (Wildman–Crippen MR) is 71.2 cm³/mol. The Morgan fingerprint density at radius 1 is 1.06 bits per heavy atom. The van der Waals surface area contributed by atoms with Crippen molar-refractivity contribution in [2.24, 2.45) is 0 Å². The van der Waals surface area contributed by atoms with E-state index in [2.05, 4.69) is 46.3 Å². The smallest absolute Gasteiger partial charge is 0.0467 e. The van der Waals surface area contributed by atoms with Gasteiger partial charge in [0.2, 0.25) is 0 Å². The van der Waals surface area contributed by atoms with Crippen LogP contribution in [0.15, 0.2) is 42.6 Å². The van der Waals surface area contributed by atoms with E-state index in [-0.39, 0.29) is 0 Å². The lowest BCUT2D eigenvalue weighted by atomic mass is 9.86. The Bertz CT molecular complexity index is 591. The van der Waals surface area contributed by atoms with Crippen molar-refractivity contribution in [2.75, 3.05) is 6.54 Å². The zero-order valence-electron chi connectivity index (χ0n) is 10.3. The summed E-state index contributed by atoms with van der Waals surface area (Å²) in [6.45, 7) is 2.23. The molecule has 0 amide bonds. The van der Waals surface area contributed by atoms with Crippen LogP contribution in [0.25, 0.3) is 0 Å². The van der Waals surface area contributed by atoms with Gasteiger partial charge in [0.05, 0.1) is 0 Å². The molecule has 2 aliphatic heterocycles. The van der Waals surface area contributed by atoms with E-state index in [0.29, 0.717) is 6.04 Å². The molecule has 3 heterocycles. The van der Waals surface area contributed by atoms with Crippen LogP contribution in [0.3, 0.4) is 0 Å². The molecule has 0 N–H and O–H groups in total. The van der Waals surface area contributed by atoms with Gasteiger partial charge < -0.3 is 0 Å². The number of rotatable bonds is 0. The molecule has 2 nitrogen and oxygen atoms in total. The summed E-state index contributed by atoms with van der Waals surface area (Å²) in [6, 6.07) is 13.7. The third-order valence-electron chi connectivity index (χ3n) is 4.27. The highest BCUT2D eigenvalue weighted by Crippen LogP contribution is 2.36. The summed E-state index contributed by atoms with van der Waals surface area (Å²) < 4.78 is 0. The van der Waals surface area contributed by atoms with Gasteiger partial charge in [0.25, 0.3) is 0 Å². The molecule has 0 spiro atoms. The zero-order chi connectivity index (χ0) is 11.9. The minimum Gasteiger partial charge on any atom is -0.291 e. The van der Waals surface area contributed by atoms with Crippen LogP contribution in [0.4, 0.5) is 0 Å². The first-order valence-corrected chi connectivity index (χ1v) is 6.66. The van der Waals surface area contributed by atoms with Gasteiger partial charge in [-0.3, -0.25) is 9.88 Å². The standard InChI is InChI=1S/C16H16N2/c1-2-6-14-12(4-1)7-9-18-11-13-5-3-8-17-15(13)10-16(14)18/h1-6,8,16H,7,9-11H2/t16-/m1/s1. The Morgan fingerprint density at radius 2 is 1.94 bits per heavy atom. The van der Waals surface area contributed by atoms with Crippen LogP contribution in [0.2, 0.25) is 0 Å². The maximum atomic E-state index is 4.56. The third kappa shape index (κ3) is 1.49. The molecule has 1 aromatic carbocycles. The Morgan fingerprint density at radius 3 is 2.94 bits per heavy atom. The van der Waals surface area contributed by atoms with Gasteiger partial charge in [-0.1, -0.05) is 30.3 Å². The monoisotopic (exact) mass is 236 g/mol. The van der Waals surface area contributed by atoms with Crippen molar-refractivity contribution in [1.82, 2.24) is 9.88 Å². The van der Waals surface area contributed by atoms with Crippen molar-refractivity contribution in [3.05, 3.63) is 65.0 Å². The van der Waals surface area contributed by atoms with Crippen molar-refractivity contribution >= 4 is 0 Å². The molecule has 2 heteroatoms. The number of nitrogens with zero attached hydrogens (tertiary/aromatic N) is 2. The average molecular weight is 236 g/mol. The molecule has 2 aliphatic rings. The third-order valence-corrected chi connectivity index (χ3v) is 4.27. The number of pyridine rings is 1. The predicted octanol–water partition coefficient (Wildman–Crippen LogP) is 2.74. The Kier molecular flexibility index (Phi) is 2.24. The first-order chi connectivity index (χ1) is 8.92. The zero-order valence-corrected chi connectivity index (χ0v) is 10.3. The van der Waals surface area contributed by atoms with Crippen LogP contribution in [-0.4, -0.2) is 16.4 Å². The summed E-state index contributed by atoms with van der Waals surface area (Å²) in [6.07, 6.45) is 4.17. The lowest BCUT2D eigenvalue weighted by Crippen LogP contribution is -2.39. The number of benzene rings is 1. The van der Waals surface area contributed by atoms with Crippen LogP contribution in [0, 0.1) is 0 Å². The van der Waals surface area contributed by atoms with Gasteiger partial charge in [-0.2, -0.15) is 0 Å². The molecule has 1 atom stereocenters. The molecule has 1 aromatic heterocycles.